The van der Waals surface area contributed by atoms with Crippen LogP contribution in [-0.2, 0) is 42.1 Å². The van der Waals surface area contributed by atoms with Gasteiger partial charge >= 0.3 is 6.03 Å². The molecule has 156 valence electrons. The van der Waals surface area contributed by atoms with Gasteiger partial charge in [-0.3, -0.25) is 4.68 Å². The number of rotatable bonds is 5. The van der Waals surface area contributed by atoms with Gasteiger partial charge in [0, 0.05) is 11.9 Å². The monoisotopic (exact) mass is 427 g/mol. The molecule has 0 saturated carbocycles. The van der Waals surface area contributed by atoms with Gasteiger partial charge in [-0.25, -0.2) is 18.5 Å². The highest BCUT2D eigenvalue weighted by atomic mass is 32.2. The third-order valence-corrected chi connectivity index (χ3v) is 6.93. The zero-order valence-corrected chi connectivity index (χ0v) is 17.0. The second kappa shape index (κ2) is 7.20. The molecule has 0 aliphatic heterocycles. The second-order valence-electron chi connectivity index (χ2n) is 7.55. The van der Waals surface area contributed by atoms with Gasteiger partial charge in [0.15, 0.2) is 15.7 Å². The summed E-state index contributed by atoms with van der Waals surface area (Å²) in [6, 6.07) is 1.63. The molecule has 0 fully saturated rings. The quantitative estimate of drug-likeness (QED) is 0.484. The van der Waals surface area contributed by atoms with Crippen LogP contribution in [-0.4, -0.2) is 40.6 Å². The Morgan fingerprint density at radius 2 is 1.93 bits per heavy atom. The summed E-state index contributed by atoms with van der Waals surface area (Å²) in [5.41, 5.74) is 5.78. The SMILES string of the molecule is N=S(=O)(NC(=O)Nc1c2c(cc3c1CCC3)CCC2)c1cnn(Cc2nn[nH]n2)c1. The summed E-state index contributed by atoms with van der Waals surface area (Å²) in [6.07, 6.45) is 8.78. The highest BCUT2D eigenvalue weighted by molar-refractivity contribution is 7.91. The van der Waals surface area contributed by atoms with E-state index in [0.29, 0.717) is 5.82 Å². The lowest BCUT2D eigenvalue weighted by atomic mass is 9.99. The molecule has 5 rings (SSSR count). The average molecular weight is 427 g/mol. The lowest BCUT2D eigenvalue weighted by molar-refractivity contribution is 0.256. The number of aryl methyl sites for hydroxylation is 2. The Morgan fingerprint density at radius 1 is 1.20 bits per heavy atom. The predicted molar refractivity (Wildman–Crippen MR) is 107 cm³/mol. The smallest absolute Gasteiger partial charge is 0.307 e. The van der Waals surface area contributed by atoms with Crippen molar-refractivity contribution in [3.05, 3.63) is 46.5 Å². The van der Waals surface area contributed by atoms with E-state index < -0.39 is 15.9 Å². The van der Waals surface area contributed by atoms with Crippen LogP contribution < -0.4 is 10.0 Å². The van der Waals surface area contributed by atoms with Gasteiger partial charge in [0.2, 0.25) is 0 Å². The van der Waals surface area contributed by atoms with Crippen LogP contribution in [0.15, 0.2) is 23.4 Å². The molecule has 30 heavy (non-hydrogen) atoms. The van der Waals surface area contributed by atoms with E-state index in [1.54, 1.807) is 0 Å². The molecule has 0 spiro atoms. The minimum absolute atomic E-state index is 0.102. The fourth-order valence-electron chi connectivity index (χ4n) is 4.27. The largest absolute Gasteiger partial charge is 0.331 e. The van der Waals surface area contributed by atoms with Gasteiger partial charge in [-0.1, -0.05) is 11.3 Å². The minimum atomic E-state index is -3.58. The van der Waals surface area contributed by atoms with Crippen LogP contribution in [0.5, 0.6) is 0 Å². The maximum absolute atomic E-state index is 12.9. The van der Waals surface area contributed by atoms with E-state index in [4.69, 9.17) is 4.78 Å². The van der Waals surface area contributed by atoms with Gasteiger partial charge in [-0.2, -0.15) is 10.3 Å². The van der Waals surface area contributed by atoms with Crippen molar-refractivity contribution in [3.8, 4) is 0 Å². The average Bonchev–Trinajstić information content (AvgIpc) is 3.49. The standard InChI is InChI=1S/C18H21N9O2S/c19-30(29,13-8-20-27(9-13)10-16-22-25-26-23-16)24-18(28)21-17-14-5-1-3-11(14)7-12-4-2-6-15(12)17/h7-9H,1-6,10H2,(H,22,23,25,26)(H3,19,21,24,28,29). The van der Waals surface area contributed by atoms with Crippen molar-refractivity contribution >= 4 is 21.6 Å². The number of carbonyl (C=O) groups excluding carboxylic acids is 1. The number of anilines is 1. The maximum Gasteiger partial charge on any atom is 0.331 e. The first-order valence-corrected chi connectivity index (χ1v) is 11.3. The summed E-state index contributed by atoms with van der Waals surface area (Å²) in [4.78, 5) is 12.8. The number of tetrazole rings is 1. The van der Waals surface area contributed by atoms with E-state index in [-0.39, 0.29) is 11.4 Å². The van der Waals surface area contributed by atoms with Gasteiger partial charge in [-0.15, -0.1) is 10.2 Å². The number of fused-ring (bicyclic) bond motifs is 2. The molecule has 0 saturated heterocycles. The molecule has 0 bridgehead atoms. The van der Waals surface area contributed by atoms with Crippen LogP contribution in [0.1, 0.15) is 40.9 Å². The molecule has 1 atom stereocenters. The van der Waals surface area contributed by atoms with Crippen LogP contribution in [0.25, 0.3) is 0 Å². The highest BCUT2D eigenvalue weighted by Crippen LogP contribution is 2.38. The Bertz CT molecular complexity index is 1180. The van der Waals surface area contributed by atoms with Crippen molar-refractivity contribution in [3.63, 3.8) is 0 Å². The fourth-order valence-corrected chi connectivity index (χ4v) is 5.17. The van der Waals surface area contributed by atoms with Crippen molar-refractivity contribution < 1.29 is 9.00 Å². The van der Waals surface area contributed by atoms with E-state index in [1.165, 1.54) is 39.3 Å². The first-order valence-electron chi connectivity index (χ1n) is 9.78. The van der Waals surface area contributed by atoms with Crippen molar-refractivity contribution in [1.82, 2.24) is 35.1 Å². The van der Waals surface area contributed by atoms with Gasteiger partial charge in [0.1, 0.15) is 11.4 Å². The van der Waals surface area contributed by atoms with Crippen LogP contribution in [0.2, 0.25) is 0 Å². The van der Waals surface area contributed by atoms with E-state index in [2.05, 4.69) is 41.8 Å². The summed E-state index contributed by atoms with van der Waals surface area (Å²) in [5.74, 6) is 0.402. The fraction of sp³-hybridized carbons (Fsp3) is 0.389. The molecule has 12 heteroatoms. The van der Waals surface area contributed by atoms with E-state index in [9.17, 15) is 9.00 Å². The number of urea groups is 1. The molecule has 4 N–H and O–H groups in total. The Balaban J connectivity index is 1.33. The Hall–Kier alpha value is -3.28. The molecule has 2 aliphatic carbocycles. The van der Waals surface area contributed by atoms with Crippen LogP contribution in [0.4, 0.5) is 10.5 Å². The number of hydrogen-bond donors (Lipinski definition) is 4. The lowest BCUT2D eigenvalue weighted by Crippen LogP contribution is -2.34. The number of benzene rings is 1. The van der Waals surface area contributed by atoms with E-state index in [1.807, 2.05) is 0 Å². The normalized spacial score (nSPS) is 16.7. The summed E-state index contributed by atoms with van der Waals surface area (Å²) in [5, 5.41) is 20.4. The van der Waals surface area contributed by atoms with Gasteiger partial charge < -0.3 is 5.32 Å². The van der Waals surface area contributed by atoms with Crippen LogP contribution >= 0.6 is 0 Å². The second-order valence-corrected chi connectivity index (χ2v) is 9.34. The van der Waals surface area contributed by atoms with E-state index >= 15 is 0 Å². The molecule has 2 amide bonds. The Morgan fingerprint density at radius 3 is 2.60 bits per heavy atom. The molecule has 2 aliphatic rings. The topological polar surface area (TPSA) is 154 Å². The summed E-state index contributed by atoms with van der Waals surface area (Å²) >= 11 is 0. The molecule has 2 heterocycles. The number of H-pyrrole nitrogens is 1. The number of nitrogens with zero attached hydrogens (tertiary/aromatic N) is 5. The number of aromatic nitrogens is 6. The van der Waals surface area contributed by atoms with Gasteiger partial charge in [0.05, 0.1) is 6.20 Å². The Kier molecular flexibility index (Phi) is 4.50. The molecule has 2 aromatic heterocycles. The predicted octanol–water partition coefficient (Wildman–Crippen LogP) is 1.56. The maximum atomic E-state index is 12.9. The number of aromatic amines is 1. The zero-order valence-electron chi connectivity index (χ0n) is 16.1. The molecule has 11 nitrogen and oxygen atoms in total. The number of nitrogens with one attached hydrogen (secondary N) is 4. The van der Waals surface area contributed by atoms with Gasteiger partial charge in [-0.05, 0) is 60.8 Å². The lowest BCUT2D eigenvalue weighted by Gasteiger charge is -2.17. The van der Waals surface area contributed by atoms with E-state index in [0.717, 1.165) is 44.2 Å². The molecular formula is C18H21N9O2S. The molecule has 3 aromatic rings. The van der Waals surface area contributed by atoms with Crippen molar-refractivity contribution in [2.45, 2.75) is 50.0 Å². The summed E-state index contributed by atoms with van der Waals surface area (Å²) < 4.78 is 24.8. The Labute approximate surface area is 172 Å². The first-order chi connectivity index (χ1) is 14.5. The molecular weight excluding hydrogens is 406 g/mol. The number of carbonyl (C=O) groups is 1. The minimum Gasteiger partial charge on any atom is -0.307 e. The molecule has 0 radical (unpaired) electrons. The van der Waals surface area contributed by atoms with Crippen molar-refractivity contribution in [2.24, 2.45) is 0 Å². The van der Waals surface area contributed by atoms with Gasteiger partial charge in [0.25, 0.3) is 0 Å². The number of hydrogen-bond acceptors (Lipinski definition) is 7. The van der Waals surface area contributed by atoms with Crippen molar-refractivity contribution in [2.75, 3.05) is 5.32 Å². The third kappa shape index (κ3) is 3.43. The van der Waals surface area contributed by atoms with Crippen LogP contribution in [0, 0.1) is 4.78 Å². The van der Waals surface area contributed by atoms with Crippen molar-refractivity contribution in [1.29, 1.82) is 4.78 Å². The number of amides is 2. The first kappa shape index (κ1) is 18.7. The zero-order chi connectivity index (χ0) is 20.7. The highest BCUT2D eigenvalue weighted by Gasteiger charge is 2.26. The molecule has 1 unspecified atom stereocenters. The van der Waals surface area contributed by atoms with Crippen LogP contribution in [0.3, 0.4) is 0 Å². The summed E-state index contributed by atoms with van der Waals surface area (Å²) in [6.45, 7) is 0.209. The third-order valence-electron chi connectivity index (χ3n) is 5.58. The summed E-state index contributed by atoms with van der Waals surface area (Å²) in [7, 11) is -3.58. The molecule has 1 aromatic carbocycles.